The molecule has 0 spiro atoms. The Balaban J connectivity index is 1.24. The molecule has 2 aromatic heterocycles. The second kappa shape index (κ2) is 7.94. The summed E-state index contributed by atoms with van der Waals surface area (Å²) in [6, 6.07) is 15.7. The van der Waals surface area contributed by atoms with Crippen molar-refractivity contribution in [1.82, 2.24) is 14.9 Å². The molecule has 0 amide bonds. The molecule has 1 atom stereocenters. The SMILES string of the molecule is O=c1c2c3c(sc2ncn1C1Cc2ccccc2C1)CC(NCc1cccc(F)c1)CC3. The first-order valence-electron chi connectivity index (χ1n) is 11.2. The molecule has 0 saturated heterocycles. The number of aryl methyl sites for hydroxylation is 1. The molecular weight excluding hydrogens is 421 g/mol. The van der Waals surface area contributed by atoms with Crippen LogP contribution in [0.25, 0.3) is 10.2 Å². The molecule has 1 N–H and O–H groups in total. The van der Waals surface area contributed by atoms with E-state index in [1.807, 2.05) is 10.6 Å². The molecule has 6 rings (SSSR count). The Morgan fingerprint density at radius 3 is 2.69 bits per heavy atom. The van der Waals surface area contributed by atoms with E-state index in [1.165, 1.54) is 27.6 Å². The average molecular weight is 446 g/mol. The Kier molecular flexibility index (Phi) is 4.92. The Bertz CT molecular complexity index is 1350. The number of thiophene rings is 1. The third-order valence-corrected chi connectivity index (χ3v) is 8.06. The number of hydrogen-bond acceptors (Lipinski definition) is 4. The van der Waals surface area contributed by atoms with Crippen molar-refractivity contribution in [2.75, 3.05) is 0 Å². The van der Waals surface area contributed by atoms with Gasteiger partial charge in [-0.1, -0.05) is 36.4 Å². The summed E-state index contributed by atoms with van der Waals surface area (Å²) in [5, 5.41) is 4.39. The molecule has 1 unspecified atom stereocenters. The molecule has 0 bridgehead atoms. The van der Waals surface area contributed by atoms with E-state index < -0.39 is 0 Å². The first-order chi connectivity index (χ1) is 15.7. The maximum atomic E-state index is 13.5. The molecule has 2 heterocycles. The Morgan fingerprint density at radius 2 is 1.91 bits per heavy atom. The fourth-order valence-electron chi connectivity index (χ4n) is 5.25. The molecular formula is C26H24FN3OS. The summed E-state index contributed by atoms with van der Waals surface area (Å²) in [6.07, 6.45) is 6.27. The van der Waals surface area contributed by atoms with E-state index in [0.717, 1.165) is 47.9 Å². The minimum absolute atomic E-state index is 0.108. The molecule has 162 valence electrons. The number of rotatable bonds is 4. The fourth-order valence-corrected chi connectivity index (χ4v) is 6.51. The van der Waals surface area contributed by atoms with Crippen LogP contribution in [0.15, 0.2) is 59.7 Å². The summed E-state index contributed by atoms with van der Waals surface area (Å²) in [4.78, 5) is 20.3. The number of aromatic nitrogens is 2. The van der Waals surface area contributed by atoms with Crippen molar-refractivity contribution in [2.45, 2.75) is 50.7 Å². The van der Waals surface area contributed by atoms with Crippen molar-refractivity contribution in [1.29, 1.82) is 0 Å². The number of nitrogens with one attached hydrogen (secondary N) is 1. The van der Waals surface area contributed by atoms with Gasteiger partial charge in [0.05, 0.1) is 11.7 Å². The van der Waals surface area contributed by atoms with E-state index in [2.05, 4.69) is 29.6 Å². The zero-order valence-electron chi connectivity index (χ0n) is 17.7. The molecule has 0 fully saturated rings. The lowest BCUT2D eigenvalue weighted by molar-refractivity contribution is 0.461. The highest BCUT2D eigenvalue weighted by atomic mass is 32.1. The quantitative estimate of drug-likeness (QED) is 0.500. The standard InChI is InChI=1S/C26H24FN3OS/c27-19-7-3-4-16(10-19)14-28-20-8-9-22-23(13-20)32-25-24(22)26(31)30(15-29-25)21-11-17-5-1-2-6-18(17)12-21/h1-7,10,15,20-21,28H,8-9,11-14H2. The van der Waals surface area contributed by atoms with E-state index in [9.17, 15) is 9.18 Å². The van der Waals surface area contributed by atoms with Gasteiger partial charge in [-0.15, -0.1) is 11.3 Å². The van der Waals surface area contributed by atoms with Crippen LogP contribution < -0.4 is 10.9 Å². The molecule has 4 nitrogen and oxygen atoms in total. The minimum atomic E-state index is -0.201. The van der Waals surface area contributed by atoms with E-state index >= 15 is 0 Å². The lowest BCUT2D eigenvalue weighted by Gasteiger charge is -2.23. The Hall–Kier alpha value is -2.83. The third kappa shape index (κ3) is 3.48. The Morgan fingerprint density at radius 1 is 1.09 bits per heavy atom. The van der Waals surface area contributed by atoms with Crippen LogP contribution in [0.5, 0.6) is 0 Å². The average Bonchev–Trinajstić information content (AvgIpc) is 3.39. The van der Waals surface area contributed by atoms with E-state index in [-0.39, 0.29) is 17.4 Å². The van der Waals surface area contributed by atoms with Gasteiger partial charge in [-0.3, -0.25) is 9.36 Å². The van der Waals surface area contributed by atoms with E-state index in [0.29, 0.717) is 12.6 Å². The second-order valence-electron chi connectivity index (χ2n) is 8.92. The van der Waals surface area contributed by atoms with Crippen molar-refractivity contribution in [2.24, 2.45) is 0 Å². The van der Waals surface area contributed by atoms with Gasteiger partial charge in [0.15, 0.2) is 0 Å². The van der Waals surface area contributed by atoms with Gasteiger partial charge in [0, 0.05) is 23.5 Å². The van der Waals surface area contributed by atoms with Crippen LogP contribution in [-0.4, -0.2) is 15.6 Å². The van der Waals surface area contributed by atoms with Gasteiger partial charge in [-0.05, 0) is 66.5 Å². The minimum Gasteiger partial charge on any atom is -0.310 e. The normalized spacial score (nSPS) is 18.1. The third-order valence-electron chi connectivity index (χ3n) is 6.90. The molecule has 2 aromatic carbocycles. The van der Waals surface area contributed by atoms with Gasteiger partial charge in [0.2, 0.25) is 0 Å². The summed E-state index contributed by atoms with van der Waals surface area (Å²) in [5.41, 5.74) is 4.93. The van der Waals surface area contributed by atoms with E-state index in [4.69, 9.17) is 4.98 Å². The maximum absolute atomic E-state index is 13.5. The van der Waals surface area contributed by atoms with Crippen LogP contribution in [0, 0.1) is 5.82 Å². The first-order valence-corrected chi connectivity index (χ1v) is 12.0. The number of benzene rings is 2. The highest BCUT2D eigenvalue weighted by Gasteiger charge is 2.28. The van der Waals surface area contributed by atoms with Crippen molar-refractivity contribution < 1.29 is 4.39 Å². The van der Waals surface area contributed by atoms with Crippen molar-refractivity contribution in [3.8, 4) is 0 Å². The van der Waals surface area contributed by atoms with Crippen molar-refractivity contribution in [3.05, 3.63) is 98.2 Å². The topological polar surface area (TPSA) is 46.9 Å². The summed E-state index contributed by atoms with van der Waals surface area (Å²) in [7, 11) is 0. The predicted molar refractivity (Wildman–Crippen MR) is 126 cm³/mol. The Labute approximate surface area is 189 Å². The molecule has 2 aliphatic rings. The lowest BCUT2D eigenvalue weighted by Crippen LogP contribution is -2.34. The molecule has 0 aliphatic heterocycles. The molecule has 32 heavy (non-hydrogen) atoms. The number of nitrogens with zero attached hydrogens (tertiary/aromatic N) is 2. The second-order valence-corrected chi connectivity index (χ2v) is 10.0. The highest BCUT2D eigenvalue weighted by molar-refractivity contribution is 7.18. The van der Waals surface area contributed by atoms with E-state index in [1.54, 1.807) is 29.8 Å². The zero-order valence-corrected chi connectivity index (χ0v) is 18.5. The zero-order chi connectivity index (χ0) is 21.7. The molecule has 0 radical (unpaired) electrons. The summed E-state index contributed by atoms with van der Waals surface area (Å²) < 4.78 is 15.3. The number of halogens is 1. The molecule has 0 saturated carbocycles. The van der Waals surface area contributed by atoms with Gasteiger partial charge >= 0.3 is 0 Å². The summed E-state index contributed by atoms with van der Waals surface area (Å²) >= 11 is 1.66. The molecule has 4 aromatic rings. The lowest BCUT2D eigenvalue weighted by atomic mass is 9.93. The summed E-state index contributed by atoms with van der Waals surface area (Å²) in [6.45, 7) is 0.649. The van der Waals surface area contributed by atoms with Crippen LogP contribution in [0.1, 0.15) is 39.6 Å². The van der Waals surface area contributed by atoms with Gasteiger partial charge in [0.1, 0.15) is 10.6 Å². The van der Waals surface area contributed by atoms with Crippen LogP contribution >= 0.6 is 11.3 Å². The van der Waals surface area contributed by atoms with Crippen molar-refractivity contribution in [3.63, 3.8) is 0 Å². The fraction of sp³-hybridized carbons (Fsp3) is 0.308. The smallest absolute Gasteiger partial charge is 0.262 e. The van der Waals surface area contributed by atoms with Gasteiger partial charge in [-0.2, -0.15) is 0 Å². The first kappa shape index (κ1) is 19.8. The van der Waals surface area contributed by atoms with Gasteiger partial charge < -0.3 is 5.32 Å². The summed E-state index contributed by atoms with van der Waals surface area (Å²) in [5.74, 6) is -0.201. The van der Waals surface area contributed by atoms with Crippen molar-refractivity contribution >= 4 is 21.6 Å². The highest BCUT2D eigenvalue weighted by Crippen LogP contribution is 2.35. The molecule has 6 heteroatoms. The largest absolute Gasteiger partial charge is 0.310 e. The van der Waals surface area contributed by atoms with Crippen LogP contribution in [0.3, 0.4) is 0 Å². The number of hydrogen-bond donors (Lipinski definition) is 1. The van der Waals surface area contributed by atoms with Gasteiger partial charge in [0.25, 0.3) is 5.56 Å². The monoisotopic (exact) mass is 445 g/mol. The molecule has 2 aliphatic carbocycles. The van der Waals surface area contributed by atoms with Crippen LogP contribution in [0.4, 0.5) is 4.39 Å². The predicted octanol–water partition coefficient (Wildman–Crippen LogP) is 4.58. The maximum Gasteiger partial charge on any atom is 0.262 e. The number of fused-ring (bicyclic) bond motifs is 4. The van der Waals surface area contributed by atoms with Crippen LogP contribution in [0.2, 0.25) is 0 Å². The van der Waals surface area contributed by atoms with Crippen LogP contribution in [-0.2, 0) is 32.2 Å². The van der Waals surface area contributed by atoms with Gasteiger partial charge in [-0.25, -0.2) is 9.37 Å².